The number of nitrogens with zero attached hydrogens (tertiary/aromatic N) is 2. The van der Waals surface area contributed by atoms with Crippen LogP contribution in [0.3, 0.4) is 0 Å². The van der Waals surface area contributed by atoms with Crippen LogP contribution < -0.4 is 5.73 Å². The molecular weight excluding hydrogens is 410 g/mol. The van der Waals surface area contributed by atoms with Gasteiger partial charge in [-0.25, -0.2) is 17.7 Å². The molecule has 31 heavy (non-hydrogen) atoms. The average Bonchev–Trinajstić information content (AvgIpc) is 3.00. The molecule has 0 aromatic heterocycles. The Hall–Kier alpha value is -2.51. The number of carbonyl (C=O) groups is 1. The van der Waals surface area contributed by atoms with Crippen LogP contribution in [0.1, 0.15) is 43.4 Å². The molecule has 3 rings (SSSR count). The maximum Gasteiger partial charge on any atom is 0.211 e. The van der Waals surface area contributed by atoms with Crippen molar-refractivity contribution in [2.75, 3.05) is 19.3 Å². The first-order valence-electron chi connectivity index (χ1n) is 10.7. The van der Waals surface area contributed by atoms with E-state index in [4.69, 9.17) is 10.7 Å². The fourth-order valence-electron chi connectivity index (χ4n) is 4.30. The minimum atomic E-state index is -3.25. The Morgan fingerprint density at radius 3 is 2.35 bits per heavy atom. The smallest absolute Gasteiger partial charge is 0.211 e. The Labute approximate surface area is 185 Å². The summed E-state index contributed by atoms with van der Waals surface area (Å²) in [6, 6.07) is 17.3. The second kappa shape index (κ2) is 9.32. The monoisotopic (exact) mass is 441 g/mol. The van der Waals surface area contributed by atoms with Gasteiger partial charge in [0.15, 0.2) is 11.3 Å². The molecule has 1 aliphatic heterocycles. The highest BCUT2D eigenvalue weighted by Crippen LogP contribution is 2.42. The summed E-state index contributed by atoms with van der Waals surface area (Å²) in [7, 11) is -3.25. The first-order chi connectivity index (χ1) is 14.7. The number of rotatable bonds is 9. The van der Waals surface area contributed by atoms with E-state index in [0.717, 1.165) is 23.1 Å². The van der Waals surface area contributed by atoms with Crippen molar-refractivity contribution >= 4 is 21.6 Å². The fraction of sp³-hybridized carbons (Fsp3) is 0.417. The van der Waals surface area contributed by atoms with Gasteiger partial charge in [-0.05, 0) is 29.5 Å². The van der Waals surface area contributed by atoms with E-state index in [0.29, 0.717) is 31.8 Å². The van der Waals surface area contributed by atoms with Gasteiger partial charge in [-0.2, -0.15) is 0 Å². The molecule has 2 aromatic rings. The normalized spacial score (nSPS) is 21.5. The van der Waals surface area contributed by atoms with E-state index >= 15 is 0 Å². The zero-order chi connectivity index (χ0) is 22.6. The number of carbonyl (C=O) groups excluding carboxylic acids is 1. The van der Waals surface area contributed by atoms with E-state index < -0.39 is 21.5 Å². The molecule has 0 spiro atoms. The van der Waals surface area contributed by atoms with Crippen LogP contribution in [0.5, 0.6) is 0 Å². The lowest BCUT2D eigenvalue weighted by Gasteiger charge is -2.27. The number of amidine groups is 1. The summed E-state index contributed by atoms with van der Waals surface area (Å²) in [5.74, 6) is -0.00783. The zero-order valence-corrected chi connectivity index (χ0v) is 19.2. The number of aliphatic imine (C=N–C) groups is 1. The molecule has 1 aliphatic rings. The van der Waals surface area contributed by atoms with E-state index in [-0.39, 0.29) is 5.78 Å². The molecule has 6 nitrogen and oxygen atoms in total. The predicted molar refractivity (Wildman–Crippen MR) is 124 cm³/mol. The van der Waals surface area contributed by atoms with Crippen LogP contribution in [0.4, 0.5) is 0 Å². The summed E-state index contributed by atoms with van der Waals surface area (Å²) in [5, 5.41) is 0. The summed E-state index contributed by atoms with van der Waals surface area (Å²) < 4.78 is 25.3. The molecular formula is C24H31N3O3S. The van der Waals surface area contributed by atoms with Crippen molar-refractivity contribution in [3.05, 3.63) is 71.3 Å². The predicted octanol–water partition coefficient (Wildman–Crippen LogP) is 3.11. The Kier molecular flexibility index (Phi) is 6.96. The quantitative estimate of drug-likeness (QED) is 0.647. The van der Waals surface area contributed by atoms with Crippen molar-refractivity contribution in [3.63, 3.8) is 0 Å². The van der Waals surface area contributed by atoms with Crippen LogP contribution in [0.25, 0.3) is 0 Å². The molecule has 0 fully saturated rings. The Bertz CT molecular complexity index is 1070. The number of sulfonamides is 1. The SMILES string of the molecule is CCCC1C(=O)C(c2ccccc2)(c2cccc(CCN(CC)S(C)(=O)=O)c2)N=C1N. The molecule has 0 saturated carbocycles. The van der Waals surface area contributed by atoms with Gasteiger partial charge < -0.3 is 5.73 Å². The summed E-state index contributed by atoms with van der Waals surface area (Å²) in [4.78, 5) is 18.5. The van der Waals surface area contributed by atoms with Gasteiger partial charge in [-0.1, -0.05) is 74.9 Å². The van der Waals surface area contributed by atoms with Crippen LogP contribution >= 0.6 is 0 Å². The molecule has 166 valence electrons. The topological polar surface area (TPSA) is 92.8 Å². The minimum absolute atomic E-state index is 0.00141. The lowest BCUT2D eigenvalue weighted by Crippen LogP contribution is -2.36. The van der Waals surface area contributed by atoms with Gasteiger partial charge in [0.05, 0.1) is 12.2 Å². The van der Waals surface area contributed by atoms with Crippen LogP contribution in [-0.2, 0) is 26.8 Å². The Morgan fingerprint density at radius 1 is 1.06 bits per heavy atom. The molecule has 0 radical (unpaired) electrons. The molecule has 7 heteroatoms. The van der Waals surface area contributed by atoms with Gasteiger partial charge >= 0.3 is 0 Å². The minimum Gasteiger partial charge on any atom is -0.387 e. The standard InChI is InChI=1S/C24H31N3O3S/c1-4-10-21-22(28)24(26-23(21)25,19-12-7-6-8-13-19)20-14-9-11-18(17-20)15-16-27(5-2)31(3,29)30/h6-9,11-14,17,21H,4-5,10,15-16H2,1-3H3,(H2,25,26). The summed E-state index contributed by atoms with van der Waals surface area (Å²) >= 11 is 0. The van der Waals surface area contributed by atoms with Crippen molar-refractivity contribution in [2.45, 2.75) is 38.6 Å². The second-order valence-electron chi connectivity index (χ2n) is 8.02. The van der Waals surface area contributed by atoms with E-state index in [9.17, 15) is 13.2 Å². The third kappa shape index (κ3) is 4.57. The summed E-state index contributed by atoms with van der Waals surface area (Å²) in [6.07, 6.45) is 3.28. The fourth-order valence-corrected chi connectivity index (χ4v) is 5.20. The molecule has 2 unspecified atom stereocenters. The molecule has 1 heterocycles. The molecule has 0 aliphatic carbocycles. The summed E-state index contributed by atoms with van der Waals surface area (Å²) in [6.45, 7) is 4.66. The number of hydrogen-bond acceptors (Lipinski definition) is 5. The van der Waals surface area contributed by atoms with Crippen LogP contribution in [0.15, 0.2) is 59.6 Å². The van der Waals surface area contributed by atoms with Crippen LogP contribution in [-0.4, -0.2) is 43.7 Å². The summed E-state index contributed by atoms with van der Waals surface area (Å²) in [5.41, 5.74) is 7.62. The van der Waals surface area contributed by atoms with Crippen LogP contribution in [0, 0.1) is 5.92 Å². The second-order valence-corrected chi connectivity index (χ2v) is 10.0. The van der Waals surface area contributed by atoms with Gasteiger partial charge in [0.2, 0.25) is 10.0 Å². The van der Waals surface area contributed by atoms with E-state index in [2.05, 4.69) is 0 Å². The number of Topliss-reactive ketones (excluding diaryl/α,β-unsaturated/α-hetero) is 1. The Balaban J connectivity index is 2.03. The highest BCUT2D eigenvalue weighted by molar-refractivity contribution is 7.88. The van der Waals surface area contributed by atoms with Gasteiger partial charge in [0.1, 0.15) is 5.84 Å². The van der Waals surface area contributed by atoms with E-state index in [1.807, 2.05) is 68.4 Å². The maximum atomic E-state index is 13.7. The number of hydrogen-bond donors (Lipinski definition) is 1. The van der Waals surface area contributed by atoms with Crippen molar-refractivity contribution in [1.29, 1.82) is 0 Å². The van der Waals surface area contributed by atoms with Crippen molar-refractivity contribution in [1.82, 2.24) is 4.31 Å². The van der Waals surface area contributed by atoms with Crippen LogP contribution in [0.2, 0.25) is 0 Å². The van der Waals surface area contributed by atoms with Gasteiger partial charge in [-0.3, -0.25) is 4.79 Å². The Morgan fingerprint density at radius 2 is 1.74 bits per heavy atom. The van der Waals surface area contributed by atoms with Gasteiger partial charge in [-0.15, -0.1) is 0 Å². The van der Waals surface area contributed by atoms with Gasteiger partial charge in [0.25, 0.3) is 0 Å². The highest BCUT2D eigenvalue weighted by atomic mass is 32.2. The molecule has 0 amide bonds. The number of ketones is 1. The number of likely N-dealkylation sites (N-methyl/N-ethyl adjacent to an activating group) is 1. The molecule has 2 N–H and O–H groups in total. The lowest BCUT2D eigenvalue weighted by atomic mass is 9.76. The largest absolute Gasteiger partial charge is 0.387 e. The number of benzene rings is 2. The van der Waals surface area contributed by atoms with Gasteiger partial charge in [0, 0.05) is 13.1 Å². The molecule has 0 bridgehead atoms. The third-order valence-electron chi connectivity index (χ3n) is 5.91. The van der Waals surface area contributed by atoms with E-state index in [1.54, 1.807) is 0 Å². The maximum absolute atomic E-state index is 13.7. The number of nitrogens with two attached hydrogens (primary N) is 1. The average molecular weight is 442 g/mol. The van der Waals surface area contributed by atoms with E-state index in [1.165, 1.54) is 10.6 Å². The van der Waals surface area contributed by atoms with Crippen molar-refractivity contribution < 1.29 is 13.2 Å². The first-order valence-corrected chi connectivity index (χ1v) is 12.6. The highest BCUT2D eigenvalue weighted by Gasteiger charge is 2.50. The molecule has 2 aromatic carbocycles. The zero-order valence-electron chi connectivity index (χ0n) is 18.4. The van der Waals surface area contributed by atoms with Crippen molar-refractivity contribution in [3.8, 4) is 0 Å². The molecule has 0 saturated heterocycles. The first kappa shape index (κ1) is 23.2. The lowest BCUT2D eigenvalue weighted by molar-refractivity contribution is -0.124. The van der Waals surface area contributed by atoms with Crippen molar-refractivity contribution in [2.24, 2.45) is 16.6 Å². The third-order valence-corrected chi connectivity index (χ3v) is 7.29. The molecule has 2 atom stereocenters.